The molecule has 0 bridgehead atoms. The molecule has 316 valence electrons. The smallest absolute Gasteiger partial charge is 0.259 e. The van der Waals surface area contributed by atoms with Gasteiger partial charge in [0, 0.05) is 46.2 Å². The number of nitrogens with zero attached hydrogens (tertiary/aromatic N) is 2. The number of amides is 2. The van der Waals surface area contributed by atoms with Crippen molar-refractivity contribution in [1.82, 2.24) is 10.6 Å². The number of anilines is 2. The summed E-state index contributed by atoms with van der Waals surface area (Å²) in [5.41, 5.74) is 9.25. The Morgan fingerprint density at radius 1 is 0.645 bits per heavy atom. The maximum absolute atomic E-state index is 14.6. The van der Waals surface area contributed by atoms with Crippen molar-refractivity contribution < 1.29 is 28.5 Å². The number of ether oxygens (including phenoxy) is 4. The van der Waals surface area contributed by atoms with Crippen LogP contribution in [-0.4, -0.2) is 49.7 Å². The molecule has 5 atom stereocenters. The molecule has 10 heteroatoms. The van der Waals surface area contributed by atoms with E-state index in [4.69, 9.17) is 18.9 Å². The number of piperidine rings is 1. The average molecular weight is 829 g/mol. The highest BCUT2D eigenvalue weighted by atomic mass is 16.5. The zero-order valence-electron chi connectivity index (χ0n) is 35.6. The van der Waals surface area contributed by atoms with Gasteiger partial charge in [-0.15, -0.1) is 0 Å². The summed E-state index contributed by atoms with van der Waals surface area (Å²) in [6.07, 6.45) is 8.86. The van der Waals surface area contributed by atoms with Gasteiger partial charge in [-0.3, -0.25) is 20.2 Å². The van der Waals surface area contributed by atoms with E-state index in [-0.39, 0.29) is 40.0 Å². The summed E-state index contributed by atoms with van der Waals surface area (Å²) in [5, 5.41) is 7.83. The van der Waals surface area contributed by atoms with Gasteiger partial charge in [0.2, 0.25) is 0 Å². The number of carbonyl (C=O) groups excluding carboxylic acids is 2. The third-order valence-electron chi connectivity index (χ3n) is 15.8. The standard InChI is InChI=1S/C52H52N4O6/c1-4-34-13-5-7-15-41(34)55-22-21-49-19-20-52(49,53-49)39-27-45(43(59-2)25-37(39)47(55)57)61-30-32-11-9-12-33(23-32)31-62-46-28-40-38(26-44(46)60-3)48(58)56-36(24-35-14-6-8-16-42(35)56)29-50-17-10-18-51(40,50)54-50/h5-9,11-16,23,25-28,36,53-54H,4,10,17-22,24,29-31H2,1-3H3/t36-,49?,50?,51?,52?/m0/s1. The SMILES string of the molecule is CCc1ccccc1N1CCC23CCC2(N3)c2cc(OCc3cccc(COc4cc5c(cc4OC)C(=O)N4c6ccccc6C[C@H]4CC46CCCC54N6)c3)c(OC)cc2C1=O. The van der Waals surface area contributed by atoms with Gasteiger partial charge in [0.25, 0.3) is 11.8 Å². The summed E-state index contributed by atoms with van der Waals surface area (Å²) in [5.74, 6) is 2.35. The molecule has 0 aromatic heterocycles. The Morgan fingerprint density at radius 3 is 1.97 bits per heavy atom. The largest absolute Gasteiger partial charge is 0.493 e. The van der Waals surface area contributed by atoms with Crippen LogP contribution in [0.5, 0.6) is 23.0 Å². The molecule has 0 spiro atoms. The minimum atomic E-state index is -0.237. The Balaban J connectivity index is 0.808. The second kappa shape index (κ2) is 13.6. The van der Waals surface area contributed by atoms with Crippen LogP contribution in [0.25, 0.3) is 0 Å². The minimum absolute atomic E-state index is 0.00292. The Labute approximate surface area is 362 Å². The van der Waals surface area contributed by atoms with E-state index in [2.05, 4.69) is 72.2 Å². The summed E-state index contributed by atoms with van der Waals surface area (Å²) < 4.78 is 25.0. The molecule has 5 aliphatic heterocycles. The van der Waals surface area contributed by atoms with Gasteiger partial charge in [0.15, 0.2) is 23.0 Å². The third kappa shape index (κ3) is 5.29. The zero-order valence-corrected chi connectivity index (χ0v) is 35.6. The molecular formula is C52H52N4O6. The maximum atomic E-state index is 14.6. The van der Waals surface area contributed by atoms with Gasteiger partial charge in [-0.2, -0.15) is 0 Å². The lowest BCUT2D eigenvalue weighted by molar-refractivity contribution is 0.0966. The first-order valence-corrected chi connectivity index (χ1v) is 22.4. The van der Waals surface area contributed by atoms with Crippen LogP contribution < -0.4 is 39.4 Å². The van der Waals surface area contributed by atoms with E-state index in [1.807, 2.05) is 52.3 Å². The van der Waals surface area contributed by atoms with Crippen molar-refractivity contribution in [2.75, 3.05) is 30.6 Å². The molecule has 2 N–H and O–H groups in total. The van der Waals surface area contributed by atoms with E-state index in [9.17, 15) is 9.59 Å². The van der Waals surface area contributed by atoms with Gasteiger partial charge < -0.3 is 28.7 Å². The second-order valence-corrected chi connectivity index (χ2v) is 18.6. The summed E-state index contributed by atoms with van der Waals surface area (Å²) >= 11 is 0. The van der Waals surface area contributed by atoms with Crippen LogP contribution in [0, 0.1) is 0 Å². The highest BCUT2D eigenvalue weighted by Gasteiger charge is 2.75. The highest BCUT2D eigenvalue weighted by Crippen LogP contribution is 2.67. The van der Waals surface area contributed by atoms with Crippen molar-refractivity contribution in [2.24, 2.45) is 0 Å². The van der Waals surface area contributed by atoms with Gasteiger partial charge in [-0.1, -0.05) is 61.5 Å². The number of nitrogens with one attached hydrogen (secondary N) is 2. The molecule has 12 rings (SSSR count). The fourth-order valence-electron chi connectivity index (χ4n) is 12.6. The van der Waals surface area contributed by atoms with E-state index in [0.29, 0.717) is 53.9 Å². The van der Waals surface area contributed by atoms with E-state index in [0.717, 1.165) is 97.0 Å². The number of methoxy groups -OCH3 is 2. The molecule has 10 nitrogen and oxygen atoms in total. The topological polar surface area (TPSA) is 121 Å². The summed E-state index contributed by atoms with van der Waals surface area (Å²) in [6.45, 7) is 3.41. The van der Waals surface area contributed by atoms with Gasteiger partial charge in [-0.05, 0) is 134 Å². The molecule has 2 amide bonds. The van der Waals surface area contributed by atoms with Crippen molar-refractivity contribution in [3.63, 3.8) is 0 Å². The second-order valence-electron chi connectivity index (χ2n) is 18.6. The number of benzene rings is 5. The summed E-state index contributed by atoms with van der Waals surface area (Å²) in [7, 11) is 3.27. The summed E-state index contributed by atoms with van der Waals surface area (Å²) in [4.78, 5) is 33.1. The van der Waals surface area contributed by atoms with Crippen LogP contribution in [0.1, 0.15) is 106 Å². The normalized spacial score (nSPS) is 28.1. The van der Waals surface area contributed by atoms with Gasteiger partial charge in [0.05, 0.1) is 25.3 Å². The molecular weight excluding hydrogens is 777 g/mol. The monoisotopic (exact) mass is 828 g/mol. The van der Waals surface area contributed by atoms with Crippen LogP contribution in [0.15, 0.2) is 97.1 Å². The lowest BCUT2D eigenvalue weighted by atomic mass is 9.66. The predicted molar refractivity (Wildman–Crippen MR) is 237 cm³/mol. The first-order valence-electron chi connectivity index (χ1n) is 22.4. The first-order chi connectivity index (χ1) is 30.2. The molecule has 4 fully saturated rings. The Morgan fingerprint density at radius 2 is 1.29 bits per heavy atom. The highest BCUT2D eigenvalue weighted by molar-refractivity contribution is 6.10. The number of para-hydroxylation sites is 2. The van der Waals surface area contributed by atoms with Crippen LogP contribution in [0.3, 0.4) is 0 Å². The molecule has 5 aromatic carbocycles. The first kappa shape index (κ1) is 37.9. The molecule has 2 aliphatic carbocycles. The van der Waals surface area contributed by atoms with Crippen molar-refractivity contribution in [1.29, 1.82) is 0 Å². The van der Waals surface area contributed by atoms with Gasteiger partial charge in [-0.25, -0.2) is 0 Å². The average Bonchev–Trinajstić information content (AvgIpc) is 3.85. The number of hydrogen-bond acceptors (Lipinski definition) is 8. The van der Waals surface area contributed by atoms with Crippen LogP contribution in [0.2, 0.25) is 0 Å². The fourth-order valence-corrected chi connectivity index (χ4v) is 12.6. The van der Waals surface area contributed by atoms with Crippen molar-refractivity contribution >= 4 is 23.2 Å². The van der Waals surface area contributed by atoms with E-state index in [1.54, 1.807) is 14.2 Å². The van der Waals surface area contributed by atoms with Gasteiger partial charge >= 0.3 is 0 Å². The van der Waals surface area contributed by atoms with Crippen molar-refractivity contribution in [2.45, 2.75) is 106 Å². The molecule has 2 saturated carbocycles. The predicted octanol–water partition coefficient (Wildman–Crippen LogP) is 8.50. The molecule has 0 radical (unpaired) electrons. The van der Waals surface area contributed by atoms with Crippen molar-refractivity contribution in [3.8, 4) is 23.0 Å². The van der Waals surface area contributed by atoms with Crippen LogP contribution >= 0.6 is 0 Å². The number of hydrogen-bond donors (Lipinski definition) is 2. The molecule has 5 heterocycles. The lowest BCUT2D eigenvalue weighted by Gasteiger charge is -2.39. The molecule has 4 unspecified atom stereocenters. The Kier molecular flexibility index (Phi) is 8.30. The number of carbonyl (C=O) groups is 2. The van der Waals surface area contributed by atoms with E-state index >= 15 is 0 Å². The minimum Gasteiger partial charge on any atom is -0.493 e. The van der Waals surface area contributed by atoms with E-state index < -0.39 is 0 Å². The van der Waals surface area contributed by atoms with Crippen LogP contribution in [-0.2, 0) is 37.1 Å². The van der Waals surface area contributed by atoms with Crippen molar-refractivity contribution in [3.05, 3.63) is 142 Å². The quantitative estimate of drug-likeness (QED) is 0.135. The molecule has 2 saturated heterocycles. The molecule has 62 heavy (non-hydrogen) atoms. The van der Waals surface area contributed by atoms with Gasteiger partial charge in [0.1, 0.15) is 13.2 Å². The Hall–Kier alpha value is -5.84. The van der Waals surface area contributed by atoms with E-state index in [1.165, 1.54) is 5.56 Å². The Bertz CT molecular complexity index is 2720. The van der Waals surface area contributed by atoms with Crippen LogP contribution in [0.4, 0.5) is 11.4 Å². The lowest BCUT2D eigenvalue weighted by Crippen LogP contribution is -2.44. The molecule has 5 aromatic rings. The zero-order chi connectivity index (χ0) is 42.0. The number of aryl methyl sites for hydroxylation is 1. The number of rotatable bonds is 10. The third-order valence-corrected chi connectivity index (χ3v) is 15.8. The number of fused-ring (bicyclic) bond motifs is 5. The summed E-state index contributed by atoms with van der Waals surface area (Å²) in [6, 6.07) is 32.9. The molecule has 7 aliphatic rings. The maximum Gasteiger partial charge on any atom is 0.259 e. The fraction of sp³-hybridized carbons (Fsp3) is 0.385.